The van der Waals surface area contributed by atoms with Gasteiger partial charge in [0.2, 0.25) is 0 Å². The molecule has 114 valence electrons. The minimum absolute atomic E-state index is 0.340. The van der Waals surface area contributed by atoms with E-state index in [1.54, 1.807) is 0 Å². The van der Waals surface area contributed by atoms with Crippen molar-refractivity contribution in [3.63, 3.8) is 0 Å². The molecule has 0 amide bonds. The van der Waals surface area contributed by atoms with Gasteiger partial charge in [-0.1, -0.05) is 38.3 Å². The minimum Gasteiger partial charge on any atom is -0.507 e. The number of fused-ring (bicyclic) bond motifs is 5. The summed E-state index contributed by atoms with van der Waals surface area (Å²) in [6.07, 6.45) is 8.02. The van der Waals surface area contributed by atoms with E-state index >= 15 is 0 Å². The van der Waals surface area contributed by atoms with E-state index in [9.17, 15) is 10.2 Å². The van der Waals surface area contributed by atoms with Gasteiger partial charge in [-0.15, -0.1) is 0 Å². The number of allylic oxidation sites excluding steroid dienone is 2. The molecule has 3 rings (SSSR count). The number of benzene rings is 1. The van der Waals surface area contributed by atoms with Gasteiger partial charge in [-0.3, -0.25) is 0 Å². The van der Waals surface area contributed by atoms with E-state index in [0.717, 1.165) is 60.8 Å². The quantitative estimate of drug-likeness (QED) is 0.609. The second-order valence-electron chi connectivity index (χ2n) is 6.53. The number of hydrogen-bond donors (Lipinski definition) is 2. The Kier molecular flexibility index (Phi) is 3.73. The third-order valence-electron chi connectivity index (χ3n) is 5.31. The van der Waals surface area contributed by atoms with Crippen molar-refractivity contribution in [1.29, 1.82) is 0 Å². The van der Waals surface area contributed by atoms with Crippen LogP contribution in [0.25, 0.3) is 0 Å². The summed E-state index contributed by atoms with van der Waals surface area (Å²) in [5.74, 6) is 1.73. The average molecular weight is 286 g/mol. The summed E-state index contributed by atoms with van der Waals surface area (Å²) >= 11 is 0. The molecule has 1 saturated carbocycles. The number of phenols is 2. The SMILES string of the molecule is C/C=C1\C[C@@H]2C[C@H]1c1c(O)c(CCC)c(CCC)c(O)c12. The maximum Gasteiger partial charge on any atom is 0.123 e. The van der Waals surface area contributed by atoms with Crippen LogP contribution in [0.4, 0.5) is 0 Å². The number of aromatic hydroxyl groups is 2. The Morgan fingerprint density at radius 2 is 1.57 bits per heavy atom. The second kappa shape index (κ2) is 5.40. The summed E-state index contributed by atoms with van der Waals surface area (Å²) < 4.78 is 0. The Balaban J connectivity index is 2.22. The molecule has 2 N–H and O–H groups in total. The van der Waals surface area contributed by atoms with Crippen molar-refractivity contribution in [3.05, 3.63) is 33.9 Å². The predicted molar refractivity (Wildman–Crippen MR) is 86.2 cm³/mol. The Bertz CT molecular complexity index is 598. The number of phenolic OH excluding ortho intramolecular Hbond substituents is 2. The van der Waals surface area contributed by atoms with Crippen molar-refractivity contribution in [1.82, 2.24) is 0 Å². The summed E-state index contributed by atoms with van der Waals surface area (Å²) in [7, 11) is 0. The van der Waals surface area contributed by atoms with E-state index in [1.807, 2.05) is 0 Å². The lowest BCUT2D eigenvalue weighted by Gasteiger charge is -2.25. The normalized spacial score (nSPS) is 24.8. The van der Waals surface area contributed by atoms with E-state index in [4.69, 9.17) is 0 Å². The van der Waals surface area contributed by atoms with E-state index < -0.39 is 0 Å². The first-order chi connectivity index (χ1) is 10.1. The van der Waals surface area contributed by atoms with Gasteiger partial charge in [-0.25, -0.2) is 0 Å². The van der Waals surface area contributed by atoms with Crippen LogP contribution in [0.3, 0.4) is 0 Å². The largest absolute Gasteiger partial charge is 0.507 e. The molecule has 0 heterocycles. The van der Waals surface area contributed by atoms with Crippen LogP contribution in [0, 0.1) is 0 Å². The van der Waals surface area contributed by atoms with Crippen LogP contribution in [0.15, 0.2) is 11.6 Å². The molecule has 0 unspecified atom stereocenters. The standard InChI is InChI=1S/C19H26O2/c1-4-7-13-14(8-5-2)19(21)17-15-10-12(9-11(15)6-3)16(17)18(13)20/h6,12,15,20-21H,4-5,7-10H2,1-3H3/b11-6+/t12-,15-/m1/s1. The maximum absolute atomic E-state index is 10.9. The molecule has 0 radical (unpaired) electrons. The molecule has 1 fully saturated rings. The van der Waals surface area contributed by atoms with Gasteiger partial charge in [0.25, 0.3) is 0 Å². The molecule has 21 heavy (non-hydrogen) atoms. The van der Waals surface area contributed by atoms with Gasteiger partial charge in [0.15, 0.2) is 0 Å². The first kappa shape index (κ1) is 14.5. The van der Waals surface area contributed by atoms with Crippen molar-refractivity contribution < 1.29 is 10.2 Å². The molecular weight excluding hydrogens is 260 g/mol. The van der Waals surface area contributed by atoms with Crippen molar-refractivity contribution in [2.75, 3.05) is 0 Å². The van der Waals surface area contributed by atoms with Crippen molar-refractivity contribution in [3.8, 4) is 11.5 Å². The van der Waals surface area contributed by atoms with Gasteiger partial charge in [0.1, 0.15) is 11.5 Å². The zero-order valence-corrected chi connectivity index (χ0v) is 13.4. The van der Waals surface area contributed by atoms with Crippen LogP contribution in [0.5, 0.6) is 11.5 Å². The molecule has 1 aromatic carbocycles. The highest BCUT2D eigenvalue weighted by Gasteiger charge is 2.44. The van der Waals surface area contributed by atoms with Gasteiger partial charge in [-0.2, -0.15) is 0 Å². The monoisotopic (exact) mass is 286 g/mol. The Labute approximate surface area is 127 Å². The fourth-order valence-corrected chi connectivity index (χ4v) is 4.46. The zero-order valence-electron chi connectivity index (χ0n) is 13.4. The fourth-order valence-electron chi connectivity index (χ4n) is 4.46. The summed E-state index contributed by atoms with van der Waals surface area (Å²) in [6.45, 7) is 6.34. The fraction of sp³-hybridized carbons (Fsp3) is 0.579. The summed E-state index contributed by atoms with van der Waals surface area (Å²) in [4.78, 5) is 0. The van der Waals surface area contributed by atoms with Crippen LogP contribution in [-0.2, 0) is 12.8 Å². The molecule has 2 aliphatic rings. The number of hydrogen-bond acceptors (Lipinski definition) is 2. The summed E-state index contributed by atoms with van der Waals surface area (Å²) in [5, 5.41) is 21.7. The summed E-state index contributed by atoms with van der Waals surface area (Å²) in [6, 6.07) is 0. The molecule has 2 nitrogen and oxygen atoms in total. The Morgan fingerprint density at radius 3 is 2.10 bits per heavy atom. The molecule has 0 aliphatic heterocycles. The molecular formula is C19H26O2. The van der Waals surface area contributed by atoms with Gasteiger partial charge >= 0.3 is 0 Å². The molecule has 0 saturated heterocycles. The molecule has 0 spiro atoms. The molecule has 2 bridgehead atoms. The Hall–Kier alpha value is -1.44. The Morgan fingerprint density at radius 1 is 1.00 bits per heavy atom. The minimum atomic E-state index is 0.340. The van der Waals surface area contributed by atoms with E-state index in [0.29, 0.717) is 23.3 Å². The molecule has 1 aromatic rings. The van der Waals surface area contributed by atoms with Crippen LogP contribution in [-0.4, -0.2) is 10.2 Å². The van der Waals surface area contributed by atoms with Crippen LogP contribution in [0.1, 0.15) is 80.5 Å². The first-order valence-electron chi connectivity index (χ1n) is 8.38. The van der Waals surface area contributed by atoms with Gasteiger partial charge < -0.3 is 10.2 Å². The molecule has 2 aliphatic carbocycles. The first-order valence-corrected chi connectivity index (χ1v) is 8.38. The topological polar surface area (TPSA) is 40.5 Å². The number of rotatable bonds is 4. The van der Waals surface area contributed by atoms with Crippen LogP contribution >= 0.6 is 0 Å². The van der Waals surface area contributed by atoms with Crippen molar-refractivity contribution >= 4 is 0 Å². The van der Waals surface area contributed by atoms with Gasteiger partial charge in [0.05, 0.1) is 0 Å². The average Bonchev–Trinajstić information content (AvgIpc) is 3.06. The smallest absolute Gasteiger partial charge is 0.123 e. The van der Waals surface area contributed by atoms with Crippen molar-refractivity contribution in [2.24, 2.45) is 0 Å². The lowest BCUT2D eigenvalue weighted by atomic mass is 9.82. The molecule has 2 heteroatoms. The predicted octanol–water partition coefficient (Wildman–Crippen LogP) is 4.92. The third-order valence-corrected chi connectivity index (χ3v) is 5.31. The lowest BCUT2D eigenvalue weighted by Crippen LogP contribution is -2.07. The van der Waals surface area contributed by atoms with Crippen molar-refractivity contribution in [2.45, 2.75) is 71.1 Å². The van der Waals surface area contributed by atoms with E-state index in [1.165, 1.54) is 5.57 Å². The summed E-state index contributed by atoms with van der Waals surface area (Å²) in [5.41, 5.74) is 5.54. The maximum atomic E-state index is 10.9. The van der Waals surface area contributed by atoms with Gasteiger partial charge in [0, 0.05) is 28.2 Å². The molecule has 2 atom stereocenters. The van der Waals surface area contributed by atoms with E-state index in [2.05, 4.69) is 26.8 Å². The van der Waals surface area contributed by atoms with E-state index in [-0.39, 0.29) is 0 Å². The van der Waals surface area contributed by atoms with Gasteiger partial charge in [-0.05, 0) is 38.5 Å². The zero-order chi connectivity index (χ0) is 15.1. The third kappa shape index (κ3) is 1.99. The highest BCUT2D eigenvalue weighted by molar-refractivity contribution is 5.66. The second-order valence-corrected chi connectivity index (χ2v) is 6.53. The van der Waals surface area contributed by atoms with Crippen LogP contribution < -0.4 is 0 Å². The lowest BCUT2D eigenvalue weighted by molar-refractivity contribution is 0.434. The highest BCUT2D eigenvalue weighted by Crippen LogP contribution is 2.62. The van der Waals surface area contributed by atoms with Crippen LogP contribution in [0.2, 0.25) is 0 Å². The highest BCUT2D eigenvalue weighted by atomic mass is 16.3. The molecule has 0 aromatic heterocycles.